The number of hydrogen-bond donors (Lipinski definition) is 3. The van der Waals surface area contributed by atoms with E-state index in [4.69, 9.17) is 11.6 Å². The number of rotatable bonds is 8. The van der Waals surface area contributed by atoms with Crippen molar-refractivity contribution in [3.8, 4) is 10.4 Å². The summed E-state index contributed by atoms with van der Waals surface area (Å²) in [6.45, 7) is 2.05. The molecule has 0 fully saturated rings. The molecule has 5 heteroatoms. The second-order valence-electron chi connectivity index (χ2n) is 5.76. The quantitative estimate of drug-likeness (QED) is 0.497. The van der Waals surface area contributed by atoms with Gasteiger partial charge in [0.25, 0.3) is 0 Å². The van der Waals surface area contributed by atoms with Crippen LogP contribution in [-0.2, 0) is 0 Å². The Bertz CT molecular complexity index is 792. The number of aliphatic hydroxyl groups is 1. The molecule has 0 saturated carbocycles. The van der Waals surface area contributed by atoms with Crippen LogP contribution in [0.2, 0.25) is 5.02 Å². The Morgan fingerprint density at radius 1 is 1.00 bits per heavy atom. The van der Waals surface area contributed by atoms with E-state index < -0.39 is 6.10 Å². The second kappa shape index (κ2) is 9.02. The van der Waals surface area contributed by atoms with Gasteiger partial charge in [-0.1, -0.05) is 41.9 Å². The monoisotopic (exact) mass is 372 g/mol. The minimum absolute atomic E-state index is 0.497. The number of thiophene rings is 1. The summed E-state index contributed by atoms with van der Waals surface area (Å²) in [5.41, 5.74) is 3.16. The van der Waals surface area contributed by atoms with Gasteiger partial charge in [0.2, 0.25) is 0 Å². The molecule has 2 aromatic carbocycles. The van der Waals surface area contributed by atoms with E-state index in [9.17, 15) is 5.11 Å². The summed E-state index contributed by atoms with van der Waals surface area (Å²) < 4.78 is 0. The fraction of sp³-hybridized carbons (Fsp3) is 0.200. The Balaban J connectivity index is 1.42. The average Bonchev–Trinajstić information content (AvgIpc) is 3.16. The van der Waals surface area contributed by atoms with Crippen molar-refractivity contribution < 1.29 is 5.11 Å². The second-order valence-corrected chi connectivity index (χ2v) is 7.14. The zero-order valence-corrected chi connectivity index (χ0v) is 15.4. The van der Waals surface area contributed by atoms with Crippen molar-refractivity contribution in [3.63, 3.8) is 0 Å². The van der Waals surface area contributed by atoms with Crippen molar-refractivity contribution in [2.75, 3.05) is 25.0 Å². The van der Waals surface area contributed by atoms with Crippen molar-refractivity contribution >= 4 is 28.6 Å². The van der Waals surface area contributed by atoms with E-state index in [0.717, 1.165) is 24.3 Å². The molecule has 0 spiro atoms. The maximum Gasteiger partial charge on any atom is 0.0914 e. The number of anilines is 1. The first kappa shape index (κ1) is 18.0. The Labute approximate surface area is 157 Å². The maximum absolute atomic E-state index is 10.2. The van der Waals surface area contributed by atoms with Crippen molar-refractivity contribution in [1.82, 2.24) is 5.32 Å². The molecule has 0 bridgehead atoms. The molecule has 25 heavy (non-hydrogen) atoms. The predicted octanol–water partition coefficient (Wildman–Crippen LogP) is 4.80. The van der Waals surface area contributed by atoms with E-state index in [-0.39, 0.29) is 0 Å². The molecule has 3 nitrogen and oxygen atoms in total. The minimum atomic E-state index is -0.555. The zero-order valence-electron chi connectivity index (χ0n) is 13.8. The van der Waals surface area contributed by atoms with Gasteiger partial charge in [-0.3, -0.25) is 0 Å². The Kier molecular flexibility index (Phi) is 6.48. The summed E-state index contributed by atoms with van der Waals surface area (Å²) in [6, 6.07) is 19.9. The van der Waals surface area contributed by atoms with E-state index in [2.05, 4.69) is 52.4 Å². The number of hydrogen-bond acceptors (Lipinski definition) is 4. The Morgan fingerprint density at radius 2 is 1.88 bits per heavy atom. The molecule has 1 heterocycles. The normalized spacial score (nSPS) is 12.1. The van der Waals surface area contributed by atoms with Gasteiger partial charge in [0.05, 0.1) is 6.10 Å². The van der Waals surface area contributed by atoms with Crippen LogP contribution in [0.5, 0.6) is 0 Å². The van der Waals surface area contributed by atoms with E-state index >= 15 is 0 Å². The van der Waals surface area contributed by atoms with Gasteiger partial charge in [0.15, 0.2) is 0 Å². The van der Waals surface area contributed by atoms with Crippen molar-refractivity contribution in [3.05, 3.63) is 76.6 Å². The lowest BCUT2D eigenvalue weighted by atomic mass is 10.1. The maximum atomic E-state index is 10.2. The molecule has 0 unspecified atom stereocenters. The fourth-order valence-corrected chi connectivity index (χ4v) is 3.51. The van der Waals surface area contributed by atoms with Gasteiger partial charge in [0.1, 0.15) is 0 Å². The lowest BCUT2D eigenvalue weighted by molar-refractivity contribution is 0.175. The first-order valence-electron chi connectivity index (χ1n) is 8.24. The summed E-state index contributed by atoms with van der Waals surface area (Å²) >= 11 is 7.69. The molecule has 0 aliphatic rings. The van der Waals surface area contributed by atoms with Crippen molar-refractivity contribution in [1.29, 1.82) is 0 Å². The summed E-state index contributed by atoms with van der Waals surface area (Å²) in [5, 5.41) is 19.6. The van der Waals surface area contributed by atoms with Gasteiger partial charge in [0, 0.05) is 35.2 Å². The molecule has 0 radical (unpaired) electrons. The molecule has 1 atom stereocenters. The van der Waals surface area contributed by atoms with E-state index in [1.165, 1.54) is 10.4 Å². The SMILES string of the molecule is O[C@@H](CNCCNc1cccc(-c2cccs2)c1)c1cccc(Cl)c1. The number of halogens is 1. The largest absolute Gasteiger partial charge is 0.387 e. The van der Waals surface area contributed by atoms with E-state index in [1.807, 2.05) is 12.1 Å². The van der Waals surface area contributed by atoms with Crippen LogP contribution in [0.25, 0.3) is 10.4 Å². The van der Waals surface area contributed by atoms with Crippen molar-refractivity contribution in [2.45, 2.75) is 6.10 Å². The van der Waals surface area contributed by atoms with E-state index in [1.54, 1.807) is 23.5 Å². The minimum Gasteiger partial charge on any atom is -0.387 e. The molecule has 0 aliphatic carbocycles. The van der Waals surface area contributed by atoms with Crippen molar-refractivity contribution in [2.24, 2.45) is 0 Å². The van der Waals surface area contributed by atoms with Crippen LogP contribution in [0.3, 0.4) is 0 Å². The molecular weight excluding hydrogens is 352 g/mol. The summed E-state index contributed by atoms with van der Waals surface area (Å²) in [5.74, 6) is 0. The molecule has 130 valence electrons. The third kappa shape index (κ3) is 5.31. The highest BCUT2D eigenvalue weighted by molar-refractivity contribution is 7.13. The standard InChI is InChI=1S/C20H21ClN2OS/c21-17-6-1-4-15(12-17)19(24)14-22-9-10-23-18-7-2-5-16(13-18)20-8-3-11-25-20/h1-8,11-13,19,22-24H,9-10,14H2/t19-/m0/s1. The number of nitrogens with one attached hydrogen (secondary N) is 2. The topological polar surface area (TPSA) is 44.3 Å². The van der Waals surface area contributed by atoms with Gasteiger partial charge in [-0.25, -0.2) is 0 Å². The highest BCUT2D eigenvalue weighted by Crippen LogP contribution is 2.26. The van der Waals surface area contributed by atoms with Crippen LogP contribution in [-0.4, -0.2) is 24.7 Å². The molecule has 0 aliphatic heterocycles. The third-order valence-corrected chi connectivity index (χ3v) is 5.02. The smallest absolute Gasteiger partial charge is 0.0914 e. The van der Waals surface area contributed by atoms with Crippen LogP contribution < -0.4 is 10.6 Å². The molecule has 3 N–H and O–H groups in total. The van der Waals surface area contributed by atoms with Gasteiger partial charge < -0.3 is 15.7 Å². The van der Waals surface area contributed by atoms with Gasteiger partial charge in [-0.15, -0.1) is 11.3 Å². The highest BCUT2D eigenvalue weighted by atomic mass is 35.5. The van der Waals surface area contributed by atoms with Crippen LogP contribution in [0.15, 0.2) is 66.0 Å². The first-order chi connectivity index (χ1) is 12.2. The predicted molar refractivity (Wildman–Crippen MR) is 108 cm³/mol. The number of benzene rings is 2. The lowest BCUT2D eigenvalue weighted by Gasteiger charge is -2.13. The van der Waals surface area contributed by atoms with Gasteiger partial charge in [-0.2, -0.15) is 0 Å². The molecule has 1 aromatic heterocycles. The summed E-state index contributed by atoms with van der Waals surface area (Å²) in [4.78, 5) is 1.27. The summed E-state index contributed by atoms with van der Waals surface area (Å²) in [7, 11) is 0. The molecule has 0 saturated heterocycles. The summed E-state index contributed by atoms with van der Waals surface area (Å²) in [6.07, 6.45) is -0.555. The van der Waals surface area contributed by atoms with Crippen LogP contribution >= 0.6 is 22.9 Å². The first-order valence-corrected chi connectivity index (χ1v) is 9.50. The molecule has 3 rings (SSSR count). The van der Waals surface area contributed by atoms with Crippen LogP contribution in [0, 0.1) is 0 Å². The Hall–Kier alpha value is -1.85. The van der Waals surface area contributed by atoms with Gasteiger partial charge >= 0.3 is 0 Å². The van der Waals surface area contributed by atoms with Crippen LogP contribution in [0.1, 0.15) is 11.7 Å². The zero-order chi connectivity index (χ0) is 17.5. The molecule has 3 aromatic rings. The molecular formula is C20H21ClN2OS. The average molecular weight is 373 g/mol. The van der Waals surface area contributed by atoms with E-state index in [0.29, 0.717) is 11.6 Å². The molecule has 0 amide bonds. The lowest BCUT2D eigenvalue weighted by Crippen LogP contribution is -2.26. The van der Waals surface area contributed by atoms with Crippen LogP contribution in [0.4, 0.5) is 5.69 Å². The fourth-order valence-electron chi connectivity index (χ4n) is 2.59. The number of aliphatic hydroxyl groups excluding tert-OH is 1. The Morgan fingerprint density at radius 3 is 2.68 bits per heavy atom. The highest BCUT2D eigenvalue weighted by Gasteiger charge is 2.07. The third-order valence-electron chi connectivity index (χ3n) is 3.87. The van der Waals surface area contributed by atoms with Gasteiger partial charge in [-0.05, 0) is 46.8 Å².